The highest BCUT2D eigenvalue weighted by atomic mass is 35.5. The van der Waals surface area contributed by atoms with E-state index in [2.05, 4.69) is 15.7 Å². The molecular weight excluding hydrogens is 509 g/mol. The number of rotatable bonds is 11. The van der Waals surface area contributed by atoms with Gasteiger partial charge in [-0.2, -0.15) is 5.10 Å². The van der Waals surface area contributed by atoms with E-state index in [1.54, 1.807) is 23.0 Å². The predicted octanol–water partition coefficient (Wildman–Crippen LogP) is 2.85. The van der Waals surface area contributed by atoms with Gasteiger partial charge in [0.25, 0.3) is 5.91 Å². The number of nitrogens with one attached hydrogen (secondary N) is 2. The predicted molar refractivity (Wildman–Crippen MR) is 150 cm³/mol. The van der Waals surface area contributed by atoms with Crippen LogP contribution in [0, 0.1) is 12.7 Å². The van der Waals surface area contributed by atoms with Gasteiger partial charge in [0.1, 0.15) is 5.82 Å². The second-order valence-electron chi connectivity index (χ2n) is 9.34. The molecule has 1 aromatic heterocycles. The van der Waals surface area contributed by atoms with Crippen molar-refractivity contribution in [3.8, 4) is 0 Å². The summed E-state index contributed by atoms with van der Waals surface area (Å²) in [6.07, 6.45) is 1.99. The maximum atomic E-state index is 13.5. The van der Waals surface area contributed by atoms with Crippen molar-refractivity contribution in [3.05, 3.63) is 59.0 Å². The summed E-state index contributed by atoms with van der Waals surface area (Å²) < 4.78 is 15.4. The maximum Gasteiger partial charge on any atom is 0.250 e. The molecule has 1 aliphatic rings. The van der Waals surface area contributed by atoms with Gasteiger partial charge in [-0.25, -0.2) is 9.40 Å². The first kappa shape index (κ1) is 29.5. The smallest absolute Gasteiger partial charge is 0.250 e. The summed E-state index contributed by atoms with van der Waals surface area (Å²) in [6.45, 7) is 9.89. The fourth-order valence-corrected chi connectivity index (χ4v) is 4.62. The van der Waals surface area contributed by atoms with Gasteiger partial charge in [-0.3, -0.25) is 24.6 Å². The number of carbonyl (C=O) groups excluding carboxylic acids is 2. The van der Waals surface area contributed by atoms with Crippen molar-refractivity contribution in [1.82, 2.24) is 30.4 Å². The molecule has 4 rings (SSSR count). The van der Waals surface area contributed by atoms with Gasteiger partial charge in [0.05, 0.1) is 18.6 Å². The zero-order valence-corrected chi connectivity index (χ0v) is 23.3. The molecule has 9 nitrogen and oxygen atoms in total. The fraction of sp³-hybridized carbons (Fsp3) is 0.444. The third-order valence-corrected chi connectivity index (χ3v) is 6.76. The maximum absolute atomic E-state index is 13.5. The molecule has 1 aliphatic heterocycles. The number of aryl methyl sites for hydroxylation is 2. The number of hydrazine groups is 1. The quantitative estimate of drug-likeness (QED) is 0.360. The van der Waals surface area contributed by atoms with Gasteiger partial charge in [-0.05, 0) is 61.3 Å². The van der Waals surface area contributed by atoms with Crippen LogP contribution in [0.25, 0.3) is 10.9 Å². The van der Waals surface area contributed by atoms with Crippen LogP contribution in [0.15, 0.2) is 36.5 Å². The normalized spacial score (nSPS) is 12.9. The number of amides is 2. The molecule has 0 bridgehead atoms. The Balaban J connectivity index is 0.00000400. The molecule has 2 N–H and O–H groups in total. The van der Waals surface area contributed by atoms with Gasteiger partial charge < -0.3 is 10.2 Å². The third-order valence-electron chi connectivity index (χ3n) is 6.76. The number of anilines is 1. The summed E-state index contributed by atoms with van der Waals surface area (Å²) in [4.78, 5) is 27.9. The minimum atomic E-state index is -0.276. The van der Waals surface area contributed by atoms with Crippen molar-refractivity contribution in [2.24, 2.45) is 0 Å². The third kappa shape index (κ3) is 6.68. The van der Waals surface area contributed by atoms with E-state index in [1.165, 1.54) is 12.1 Å². The standard InChI is InChI=1S/C27H36FN7O2.ClH/c1-5-29-9-10-35(25-13-22-16-33(6-2)31-24(22)11-19(25)3)27(37)15-30-14-26(36)32(4)34-17-20-7-8-23(28)12-21(20)18-34;/h7-8,11-13,16,29-30H,5-6,9-10,14-15,17-18H2,1-4H3;1H. The van der Waals surface area contributed by atoms with E-state index >= 15 is 0 Å². The monoisotopic (exact) mass is 545 g/mol. The number of likely N-dealkylation sites (N-methyl/N-ethyl adjacent to an activating group) is 2. The lowest BCUT2D eigenvalue weighted by Crippen LogP contribution is -2.47. The van der Waals surface area contributed by atoms with Gasteiger partial charge in [0.15, 0.2) is 0 Å². The number of hydrogen-bond donors (Lipinski definition) is 2. The van der Waals surface area contributed by atoms with Crippen LogP contribution in [0.1, 0.15) is 30.5 Å². The highest BCUT2D eigenvalue weighted by Gasteiger charge is 2.26. The van der Waals surface area contributed by atoms with Crippen LogP contribution in [0.2, 0.25) is 0 Å². The molecule has 38 heavy (non-hydrogen) atoms. The Morgan fingerprint density at radius 2 is 1.79 bits per heavy atom. The van der Waals surface area contributed by atoms with Crippen LogP contribution in [0.5, 0.6) is 0 Å². The van der Waals surface area contributed by atoms with Crippen molar-refractivity contribution >= 4 is 40.8 Å². The Hall–Kier alpha value is -3.05. The van der Waals surface area contributed by atoms with E-state index in [4.69, 9.17) is 0 Å². The Kier molecular flexibility index (Phi) is 10.2. The molecule has 2 aromatic carbocycles. The molecular formula is C27H37ClFN7O2. The number of benzene rings is 2. The first-order valence-corrected chi connectivity index (χ1v) is 12.8. The molecule has 0 unspecified atom stereocenters. The molecule has 0 saturated heterocycles. The highest BCUT2D eigenvalue weighted by molar-refractivity contribution is 5.98. The van der Waals surface area contributed by atoms with Crippen LogP contribution < -0.4 is 15.5 Å². The average Bonchev–Trinajstić information content (AvgIpc) is 3.48. The Morgan fingerprint density at radius 3 is 2.53 bits per heavy atom. The van der Waals surface area contributed by atoms with Crippen molar-refractivity contribution in [2.45, 2.75) is 40.4 Å². The number of halogens is 2. The second kappa shape index (κ2) is 13.1. The molecule has 2 amide bonds. The summed E-state index contributed by atoms with van der Waals surface area (Å²) in [6, 6.07) is 8.73. The van der Waals surface area contributed by atoms with Crippen LogP contribution in [-0.2, 0) is 29.2 Å². The molecule has 0 atom stereocenters. The summed E-state index contributed by atoms with van der Waals surface area (Å²) in [5.74, 6) is -0.547. The number of hydrogen-bond acceptors (Lipinski definition) is 6. The van der Waals surface area contributed by atoms with Crippen LogP contribution in [0.3, 0.4) is 0 Å². The zero-order chi connectivity index (χ0) is 26.5. The van der Waals surface area contributed by atoms with Gasteiger partial charge in [0, 0.05) is 57.0 Å². The largest absolute Gasteiger partial charge is 0.315 e. The van der Waals surface area contributed by atoms with E-state index in [0.29, 0.717) is 26.2 Å². The Morgan fingerprint density at radius 1 is 1.05 bits per heavy atom. The van der Waals surface area contributed by atoms with E-state index in [1.807, 2.05) is 48.8 Å². The minimum Gasteiger partial charge on any atom is -0.315 e. The summed E-state index contributed by atoms with van der Waals surface area (Å²) in [5, 5.41) is 15.3. The molecule has 3 aromatic rings. The van der Waals surface area contributed by atoms with Gasteiger partial charge >= 0.3 is 0 Å². The number of nitrogens with zero attached hydrogens (tertiary/aromatic N) is 5. The fourth-order valence-electron chi connectivity index (χ4n) is 4.62. The van der Waals surface area contributed by atoms with Crippen LogP contribution in [0.4, 0.5) is 10.1 Å². The summed E-state index contributed by atoms with van der Waals surface area (Å²) in [5.41, 5.74) is 4.62. The van der Waals surface area contributed by atoms with Crippen LogP contribution in [-0.4, -0.2) is 71.4 Å². The molecule has 0 spiro atoms. The number of aromatic nitrogens is 2. The van der Waals surface area contributed by atoms with Gasteiger partial charge in [0.2, 0.25) is 5.91 Å². The van der Waals surface area contributed by atoms with E-state index in [0.717, 1.165) is 46.4 Å². The highest BCUT2D eigenvalue weighted by Crippen LogP contribution is 2.27. The van der Waals surface area contributed by atoms with E-state index < -0.39 is 0 Å². The number of carbonyl (C=O) groups is 2. The molecule has 0 radical (unpaired) electrons. The molecule has 0 saturated carbocycles. The Labute approximate surface area is 229 Å². The topological polar surface area (TPSA) is 85.7 Å². The van der Waals surface area contributed by atoms with E-state index in [-0.39, 0.29) is 43.1 Å². The molecule has 11 heteroatoms. The van der Waals surface area contributed by atoms with Crippen molar-refractivity contribution < 1.29 is 14.0 Å². The first-order chi connectivity index (χ1) is 17.8. The lowest BCUT2D eigenvalue weighted by molar-refractivity contribution is -0.145. The number of fused-ring (bicyclic) bond motifs is 2. The first-order valence-electron chi connectivity index (χ1n) is 12.8. The minimum absolute atomic E-state index is 0. The van der Waals surface area contributed by atoms with E-state index in [9.17, 15) is 14.0 Å². The lowest BCUT2D eigenvalue weighted by atomic mass is 10.1. The van der Waals surface area contributed by atoms with Crippen LogP contribution >= 0.6 is 12.4 Å². The van der Waals surface area contributed by atoms with Crippen molar-refractivity contribution in [1.29, 1.82) is 0 Å². The summed E-state index contributed by atoms with van der Waals surface area (Å²) in [7, 11) is 1.70. The lowest BCUT2D eigenvalue weighted by Gasteiger charge is -2.28. The van der Waals surface area contributed by atoms with Crippen molar-refractivity contribution in [3.63, 3.8) is 0 Å². The molecule has 2 heterocycles. The average molecular weight is 546 g/mol. The van der Waals surface area contributed by atoms with Crippen molar-refractivity contribution in [2.75, 3.05) is 44.7 Å². The van der Waals surface area contributed by atoms with Gasteiger partial charge in [-0.1, -0.05) is 13.0 Å². The molecule has 0 aliphatic carbocycles. The zero-order valence-electron chi connectivity index (χ0n) is 22.5. The SMILES string of the molecule is CCNCCN(C(=O)CNCC(=O)N(C)N1Cc2ccc(F)cc2C1)c1cc2cn(CC)nc2cc1C.Cl. The molecule has 0 fully saturated rings. The van der Waals surface area contributed by atoms with Gasteiger partial charge in [-0.15, -0.1) is 12.4 Å². The Bertz CT molecular complexity index is 1280. The molecule has 206 valence electrons. The summed E-state index contributed by atoms with van der Waals surface area (Å²) >= 11 is 0. The second-order valence-corrected chi connectivity index (χ2v) is 9.34.